The first-order chi connectivity index (χ1) is 7.29. The van der Waals surface area contributed by atoms with E-state index < -0.39 is 0 Å². The van der Waals surface area contributed by atoms with E-state index in [1.807, 2.05) is 18.4 Å². The lowest BCUT2D eigenvalue weighted by Gasteiger charge is -2.25. The van der Waals surface area contributed by atoms with Crippen LogP contribution in [0.4, 0.5) is 0 Å². The van der Waals surface area contributed by atoms with Gasteiger partial charge in [-0.05, 0) is 43.9 Å². The second-order valence-electron chi connectivity index (χ2n) is 4.79. The van der Waals surface area contributed by atoms with Crippen LogP contribution in [0, 0.1) is 5.92 Å². The van der Waals surface area contributed by atoms with E-state index in [2.05, 4.69) is 24.4 Å². The van der Waals surface area contributed by atoms with Gasteiger partial charge in [-0.25, -0.2) is 0 Å². The first kappa shape index (κ1) is 11.2. The molecule has 0 saturated heterocycles. The molecule has 0 amide bonds. The molecular weight excluding hydrogens is 202 g/mol. The second-order valence-corrected chi connectivity index (χ2v) is 5.99. The van der Waals surface area contributed by atoms with E-state index in [9.17, 15) is 0 Å². The monoisotopic (exact) mass is 223 g/mol. The Morgan fingerprint density at radius 1 is 1.27 bits per heavy atom. The number of hydrogen-bond acceptors (Lipinski definition) is 2. The Hall–Kier alpha value is -0.340. The molecule has 1 heterocycles. The summed E-state index contributed by atoms with van der Waals surface area (Å²) in [4.78, 5) is 3.10. The van der Waals surface area contributed by atoms with E-state index in [-0.39, 0.29) is 0 Å². The molecule has 1 aliphatic carbocycles. The van der Waals surface area contributed by atoms with Crippen LogP contribution in [0.25, 0.3) is 0 Å². The van der Waals surface area contributed by atoms with Crippen molar-refractivity contribution >= 4 is 11.3 Å². The fourth-order valence-corrected chi connectivity index (χ4v) is 3.62. The quantitative estimate of drug-likeness (QED) is 0.822. The molecule has 0 bridgehead atoms. The third-order valence-electron chi connectivity index (χ3n) is 3.45. The van der Waals surface area contributed by atoms with Crippen LogP contribution in [0.5, 0.6) is 0 Å². The first-order valence-electron chi connectivity index (χ1n) is 6.03. The largest absolute Gasteiger partial charge is 0.315 e. The highest BCUT2D eigenvalue weighted by Crippen LogP contribution is 2.38. The van der Waals surface area contributed by atoms with Crippen molar-refractivity contribution in [2.45, 2.75) is 45.1 Å². The van der Waals surface area contributed by atoms with Crippen LogP contribution >= 0.6 is 11.3 Å². The molecule has 0 unspecified atom stereocenters. The summed E-state index contributed by atoms with van der Waals surface area (Å²) in [5.41, 5.74) is 0. The van der Waals surface area contributed by atoms with Gasteiger partial charge in [-0.15, -0.1) is 11.3 Å². The molecule has 0 atom stereocenters. The molecule has 15 heavy (non-hydrogen) atoms. The molecule has 1 N–H and O–H groups in total. The lowest BCUT2D eigenvalue weighted by Crippen LogP contribution is -2.09. The SMILES string of the molecule is CNCc1ccc(C2CCC(C)CC2)s1. The van der Waals surface area contributed by atoms with Crippen LogP contribution in [-0.4, -0.2) is 7.05 Å². The first-order valence-corrected chi connectivity index (χ1v) is 6.84. The van der Waals surface area contributed by atoms with E-state index in [0.717, 1.165) is 18.4 Å². The third kappa shape index (κ3) is 2.82. The maximum atomic E-state index is 3.22. The zero-order chi connectivity index (χ0) is 10.7. The van der Waals surface area contributed by atoms with E-state index >= 15 is 0 Å². The normalized spacial score (nSPS) is 26.8. The Morgan fingerprint density at radius 3 is 2.67 bits per heavy atom. The topological polar surface area (TPSA) is 12.0 Å². The maximum absolute atomic E-state index is 3.22. The van der Waals surface area contributed by atoms with Gasteiger partial charge in [0.15, 0.2) is 0 Å². The predicted octanol–water partition coefficient (Wildman–Crippen LogP) is 3.76. The standard InChI is InChI=1S/C13H21NS/c1-10-3-5-11(6-4-10)13-8-7-12(15-13)9-14-2/h7-8,10-11,14H,3-6,9H2,1-2H3. The summed E-state index contributed by atoms with van der Waals surface area (Å²) in [5.74, 6) is 1.81. The van der Waals surface area contributed by atoms with Gasteiger partial charge in [0.25, 0.3) is 0 Å². The van der Waals surface area contributed by atoms with E-state index in [0.29, 0.717) is 0 Å². The van der Waals surface area contributed by atoms with Gasteiger partial charge in [-0.1, -0.05) is 19.8 Å². The second kappa shape index (κ2) is 5.13. The van der Waals surface area contributed by atoms with E-state index in [4.69, 9.17) is 0 Å². The Kier molecular flexibility index (Phi) is 3.81. The van der Waals surface area contributed by atoms with Crippen LogP contribution in [0.3, 0.4) is 0 Å². The summed E-state index contributed by atoms with van der Waals surface area (Å²) in [6.45, 7) is 3.41. The molecule has 2 heteroatoms. The Morgan fingerprint density at radius 2 is 2.00 bits per heavy atom. The van der Waals surface area contributed by atoms with Crippen molar-refractivity contribution in [2.75, 3.05) is 7.05 Å². The predicted molar refractivity (Wildman–Crippen MR) is 67.5 cm³/mol. The third-order valence-corrected chi connectivity index (χ3v) is 4.70. The molecule has 1 fully saturated rings. The molecule has 0 aliphatic heterocycles. The summed E-state index contributed by atoms with van der Waals surface area (Å²) in [7, 11) is 2.02. The lowest BCUT2D eigenvalue weighted by atomic mass is 9.82. The molecule has 0 radical (unpaired) electrons. The summed E-state index contributed by atoms with van der Waals surface area (Å²) in [5, 5.41) is 3.22. The van der Waals surface area contributed by atoms with Crippen molar-refractivity contribution in [3.63, 3.8) is 0 Å². The lowest BCUT2D eigenvalue weighted by molar-refractivity contribution is 0.350. The van der Waals surface area contributed by atoms with E-state index in [1.54, 1.807) is 4.88 Å². The number of thiophene rings is 1. The minimum Gasteiger partial charge on any atom is -0.315 e. The van der Waals surface area contributed by atoms with Crippen molar-refractivity contribution in [1.29, 1.82) is 0 Å². The fourth-order valence-electron chi connectivity index (χ4n) is 2.43. The molecule has 1 aliphatic rings. The van der Waals surface area contributed by atoms with Crippen LogP contribution in [0.15, 0.2) is 12.1 Å². The van der Waals surface area contributed by atoms with Gasteiger partial charge in [-0.2, -0.15) is 0 Å². The van der Waals surface area contributed by atoms with E-state index in [1.165, 1.54) is 30.6 Å². The summed E-state index contributed by atoms with van der Waals surface area (Å²) >= 11 is 2.00. The average molecular weight is 223 g/mol. The molecule has 1 nitrogen and oxygen atoms in total. The van der Waals surface area contributed by atoms with Crippen LogP contribution in [0.2, 0.25) is 0 Å². The van der Waals surface area contributed by atoms with Gasteiger partial charge in [0, 0.05) is 16.3 Å². The molecule has 2 rings (SSSR count). The molecule has 0 spiro atoms. The number of rotatable bonds is 3. The Labute approximate surface area is 96.9 Å². The number of hydrogen-bond donors (Lipinski definition) is 1. The van der Waals surface area contributed by atoms with Gasteiger partial charge >= 0.3 is 0 Å². The highest BCUT2D eigenvalue weighted by molar-refractivity contribution is 7.12. The van der Waals surface area contributed by atoms with Crippen molar-refractivity contribution in [3.05, 3.63) is 21.9 Å². The van der Waals surface area contributed by atoms with Crippen molar-refractivity contribution < 1.29 is 0 Å². The molecular formula is C13H21NS. The Balaban J connectivity index is 1.96. The zero-order valence-electron chi connectivity index (χ0n) is 9.75. The minimum absolute atomic E-state index is 0.858. The van der Waals surface area contributed by atoms with Crippen molar-refractivity contribution in [2.24, 2.45) is 5.92 Å². The summed E-state index contributed by atoms with van der Waals surface area (Å²) in [6, 6.07) is 4.63. The Bertz CT molecular complexity index is 297. The van der Waals surface area contributed by atoms with Crippen molar-refractivity contribution in [3.8, 4) is 0 Å². The summed E-state index contributed by atoms with van der Waals surface area (Å²) in [6.07, 6.45) is 5.65. The molecule has 1 saturated carbocycles. The van der Waals surface area contributed by atoms with Gasteiger partial charge in [0.2, 0.25) is 0 Å². The zero-order valence-corrected chi connectivity index (χ0v) is 10.6. The highest BCUT2D eigenvalue weighted by atomic mass is 32.1. The molecule has 1 aromatic heterocycles. The van der Waals surface area contributed by atoms with Gasteiger partial charge in [0.05, 0.1) is 0 Å². The maximum Gasteiger partial charge on any atom is 0.0296 e. The minimum atomic E-state index is 0.858. The molecule has 84 valence electrons. The smallest absolute Gasteiger partial charge is 0.0296 e. The molecule has 1 aromatic rings. The molecule has 0 aromatic carbocycles. The average Bonchev–Trinajstić information content (AvgIpc) is 2.68. The number of nitrogens with one attached hydrogen (secondary N) is 1. The van der Waals surface area contributed by atoms with Crippen molar-refractivity contribution in [1.82, 2.24) is 5.32 Å². The van der Waals surface area contributed by atoms with Crippen LogP contribution in [0.1, 0.15) is 48.3 Å². The van der Waals surface area contributed by atoms with Gasteiger partial charge in [-0.3, -0.25) is 0 Å². The van der Waals surface area contributed by atoms with Crippen LogP contribution in [-0.2, 0) is 6.54 Å². The summed E-state index contributed by atoms with van der Waals surface area (Å²) < 4.78 is 0. The van der Waals surface area contributed by atoms with Gasteiger partial charge < -0.3 is 5.32 Å². The van der Waals surface area contributed by atoms with Gasteiger partial charge in [0.1, 0.15) is 0 Å². The van der Waals surface area contributed by atoms with Crippen LogP contribution < -0.4 is 5.32 Å². The highest BCUT2D eigenvalue weighted by Gasteiger charge is 2.20. The fraction of sp³-hybridized carbons (Fsp3) is 0.692.